The van der Waals surface area contributed by atoms with Crippen LogP contribution in [-0.4, -0.2) is 33.5 Å². The van der Waals surface area contributed by atoms with Crippen molar-refractivity contribution in [2.45, 2.75) is 31.7 Å². The van der Waals surface area contributed by atoms with Gasteiger partial charge in [0.05, 0.1) is 16.1 Å². The first-order valence-electron chi connectivity index (χ1n) is 8.78. The second-order valence-electron chi connectivity index (χ2n) is 6.82. The fourth-order valence-electron chi connectivity index (χ4n) is 3.82. The normalized spacial score (nSPS) is 16.7. The Bertz CT molecular complexity index is 992. The van der Waals surface area contributed by atoms with E-state index in [-0.39, 0.29) is 40.2 Å². The zero-order valence-electron chi connectivity index (χ0n) is 14.4. The van der Waals surface area contributed by atoms with Gasteiger partial charge in [-0.25, -0.2) is 0 Å². The molecule has 7 heteroatoms. The number of nitro groups is 1. The lowest BCUT2D eigenvalue weighted by Crippen LogP contribution is -2.38. The van der Waals surface area contributed by atoms with Crippen LogP contribution >= 0.6 is 0 Å². The molecule has 0 aromatic heterocycles. The highest BCUT2D eigenvalue weighted by Gasteiger charge is 2.41. The number of rotatable bonds is 4. The molecular formula is C20H16N2O5. The van der Waals surface area contributed by atoms with Crippen molar-refractivity contribution in [3.63, 3.8) is 0 Å². The molecule has 1 aliphatic heterocycles. The summed E-state index contributed by atoms with van der Waals surface area (Å²) in [5.74, 6) is -1.10. The van der Waals surface area contributed by atoms with Crippen molar-refractivity contribution < 1.29 is 19.3 Å². The van der Waals surface area contributed by atoms with E-state index in [2.05, 4.69) is 0 Å². The molecule has 1 saturated carbocycles. The Balaban J connectivity index is 1.67. The summed E-state index contributed by atoms with van der Waals surface area (Å²) in [6.07, 6.45) is 3.61. The first-order chi connectivity index (χ1) is 13.0. The monoisotopic (exact) mass is 364 g/mol. The summed E-state index contributed by atoms with van der Waals surface area (Å²) in [6.45, 7) is 0. The SMILES string of the molecule is O=C(c1cccc([N+](=O)[O-])c1)c1ccc2c(c1)C(=O)N(C1CCCC1)C2=O. The number of imide groups is 1. The molecule has 1 fully saturated rings. The summed E-state index contributed by atoms with van der Waals surface area (Å²) >= 11 is 0. The average Bonchev–Trinajstić information content (AvgIpc) is 3.28. The van der Waals surface area contributed by atoms with Crippen molar-refractivity contribution in [1.82, 2.24) is 4.90 Å². The molecule has 0 saturated heterocycles. The number of carbonyl (C=O) groups excluding carboxylic acids is 3. The number of nitrogens with zero attached hydrogens (tertiary/aromatic N) is 2. The summed E-state index contributed by atoms with van der Waals surface area (Å²) in [6, 6.07) is 9.77. The largest absolute Gasteiger partial charge is 0.289 e. The van der Waals surface area contributed by atoms with Crippen molar-refractivity contribution in [2.24, 2.45) is 0 Å². The lowest BCUT2D eigenvalue weighted by molar-refractivity contribution is -0.384. The van der Waals surface area contributed by atoms with Crippen LogP contribution in [0.25, 0.3) is 0 Å². The summed E-state index contributed by atoms with van der Waals surface area (Å²) < 4.78 is 0. The first kappa shape index (κ1) is 17.1. The van der Waals surface area contributed by atoms with E-state index < -0.39 is 10.7 Å². The van der Waals surface area contributed by atoms with Gasteiger partial charge in [-0.2, -0.15) is 0 Å². The van der Waals surface area contributed by atoms with Gasteiger partial charge in [0.25, 0.3) is 17.5 Å². The van der Waals surface area contributed by atoms with Crippen LogP contribution in [0, 0.1) is 10.1 Å². The number of nitro benzene ring substituents is 1. The summed E-state index contributed by atoms with van der Waals surface area (Å²) in [4.78, 5) is 49.7. The van der Waals surface area contributed by atoms with Gasteiger partial charge in [0.15, 0.2) is 5.78 Å². The van der Waals surface area contributed by atoms with Crippen LogP contribution in [0.1, 0.15) is 62.3 Å². The van der Waals surface area contributed by atoms with E-state index in [1.165, 1.54) is 47.4 Å². The van der Waals surface area contributed by atoms with Crippen LogP contribution in [0.4, 0.5) is 5.69 Å². The minimum absolute atomic E-state index is 0.0756. The zero-order valence-corrected chi connectivity index (χ0v) is 14.4. The quantitative estimate of drug-likeness (QED) is 0.359. The fourth-order valence-corrected chi connectivity index (χ4v) is 3.82. The number of carbonyl (C=O) groups is 3. The van der Waals surface area contributed by atoms with Gasteiger partial charge in [-0.3, -0.25) is 29.4 Å². The van der Waals surface area contributed by atoms with Crippen LogP contribution < -0.4 is 0 Å². The molecule has 1 heterocycles. The fraction of sp³-hybridized carbons (Fsp3) is 0.250. The third-order valence-electron chi connectivity index (χ3n) is 5.19. The lowest BCUT2D eigenvalue weighted by atomic mass is 9.99. The van der Waals surface area contributed by atoms with Crippen LogP contribution in [0.15, 0.2) is 42.5 Å². The minimum atomic E-state index is -0.568. The number of non-ortho nitro benzene ring substituents is 1. The lowest BCUT2D eigenvalue weighted by Gasteiger charge is -2.21. The summed E-state index contributed by atoms with van der Waals surface area (Å²) in [7, 11) is 0. The second kappa shape index (κ2) is 6.42. The molecule has 27 heavy (non-hydrogen) atoms. The standard InChI is InChI=1S/C20H16N2O5/c23-18(12-4-3-7-15(10-12)22(26)27)13-8-9-16-17(11-13)20(25)21(19(16)24)14-5-1-2-6-14/h3-4,7-11,14H,1-2,5-6H2. The highest BCUT2D eigenvalue weighted by molar-refractivity contribution is 6.22. The number of amides is 2. The third kappa shape index (κ3) is 2.81. The maximum atomic E-state index is 12.8. The van der Waals surface area contributed by atoms with Gasteiger partial charge in [-0.05, 0) is 25.0 Å². The number of hydrogen-bond donors (Lipinski definition) is 0. The van der Waals surface area contributed by atoms with E-state index in [4.69, 9.17) is 0 Å². The molecular weight excluding hydrogens is 348 g/mol. The number of hydrogen-bond acceptors (Lipinski definition) is 5. The molecule has 2 aromatic carbocycles. The minimum Gasteiger partial charge on any atom is -0.289 e. The third-order valence-corrected chi connectivity index (χ3v) is 5.19. The van der Waals surface area contributed by atoms with Crippen LogP contribution in [0.5, 0.6) is 0 Å². The number of ketones is 1. The van der Waals surface area contributed by atoms with Gasteiger partial charge in [-0.15, -0.1) is 0 Å². The zero-order chi connectivity index (χ0) is 19.1. The molecule has 2 amide bonds. The Morgan fingerprint density at radius 1 is 0.963 bits per heavy atom. The van der Waals surface area contributed by atoms with E-state index in [1.807, 2.05) is 0 Å². The van der Waals surface area contributed by atoms with Gasteiger partial charge in [0.1, 0.15) is 0 Å². The Labute approximate surface area is 154 Å². The van der Waals surface area contributed by atoms with Gasteiger partial charge in [-0.1, -0.05) is 31.0 Å². The van der Waals surface area contributed by atoms with Crippen LogP contribution in [0.3, 0.4) is 0 Å². The summed E-state index contributed by atoms with van der Waals surface area (Å²) in [5.41, 5.74) is 0.739. The molecule has 0 bridgehead atoms. The number of benzene rings is 2. The van der Waals surface area contributed by atoms with E-state index >= 15 is 0 Å². The molecule has 2 aromatic rings. The molecule has 136 valence electrons. The van der Waals surface area contributed by atoms with Crippen molar-refractivity contribution in [3.05, 3.63) is 74.8 Å². The van der Waals surface area contributed by atoms with Gasteiger partial charge in [0.2, 0.25) is 0 Å². The van der Waals surface area contributed by atoms with E-state index in [1.54, 1.807) is 0 Å². The summed E-state index contributed by atoms with van der Waals surface area (Å²) in [5, 5.41) is 10.9. The smallest absolute Gasteiger partial charge is 0.270 e. The second-order valence-corrected chi connectivity index (χ2v) is 6.82. The number of fused-ring (bicyclic) bond motifs is 1. The molecule has 0 spiro atoms. The predicted molar refractivity (Wildman–Crippen MR) is 95.7 cm³/mol. The molecule has 0 unspecified atom stereocenters. The van der Waals surface area contributed by atoms with Crippen molar-refractivity contribution in [1.29, 1.82) is 0 Å². The molecule has 0 N–H and O–H groups in total. The Morgan fingerprint density at radius 2 is 1.63 bits per heavy atom. The van der Waals surface area contributed by atoms with E-state index in [0.29, 0.717) is 5.56 Å². The van der Waals surface area contributed by atoms with Crippen molar-refractivity contribution in [2.75, 3.05) is 0 Å². The van der Waals surface area contributed by atoms with E-state index in [9.17, 15) is 24.5 Å². The van der Waals surface area contributed by atoms with Crippen LogP contribution in [-0.2, 0) is 0 Å². The van der Waals surface area contributed by atoms with Gasteiger partial charge < -0.3 is 0 Å². The van der Waals surface area contributed by atoms with Gasteiger partial charge in [0, 0.05) is 29.3 Å². The Hall–Kier alpha value is -3.35. The Morgan fingerprint density at radius 3 is 2.33 bits per heavy atom. The van der Waals surface area contributed by atoms with Crippen LogP contribution in [0.2, 0.25) is 0 Å². The topological polar surface area (TPSA) is 97.6 Å². The molecule has 1 aliphatic carbocycles. The van der Waals surface area contributed by atoms with E-state index in [0.717, 1.165) is 25.7 Å². The molecule has 7 nitrogen and oxygen atoms in total. The molecule has 4 rings (SSSR count). The Kier molecular flexibility index (Phi) is 4.07. The van der Waals surface area contributed by atoms with Crippen molar-refractivity contribution >= 4 is 23.3 Å². The first-order valence-corrected chi connectivity index (χ1v) is 8.78. The predicted octanol–water partition coefficient (Wildman–Crippen LogP) is 3.36. The van der Waals surface area contributed by atoms with Gasteiger partial charge >= 0.3 is 0 Å². The maximum absolute atomic E-state index is 12.8. The van der Waals surface area contributed by atoms with Crippen molar-refractivity contribution in [3.8, 4) is 0 Å². The molecule has 0 atom stereocenters. The highest BCUT2D eigenvalue weighted by atomic mass is 16.6. The molecule has 0 radical (unpaired) electrons. The highest BCUT2D eigenvalue weighted by Crippen LogP contribution is 2.32. The molecule has 2 aliphatic rings. The maximum Gasteiger partial charge on any atom is 0.270 e. The average molecular weight is 364 g/mol.